The summed E-state index contributed by atoms with van der Waals surface area (Å²) >= 11 is 5.80. The van der Waals surface area contributed by atoms with Crippen molar-refractivity contribution in [1.29, 1.82) is 0 Å². The molecule has 0 spiro atoms. The first-order valence-corrected chi connectivity index (χ1v) is 10.7. The predicted octanol–water partition coefficient (Wildman–Crippen LogP) is 2.17. The number of sulfone groups is 1. The van der Waals surface area contributed by atoms with Gasteiger partial charge in [-0.15, -0.1) is 0 Å². The largest absolute Gasteiger partial charge is 0.243 e. The van der Waals surface area contributed by atoms with Crippen molar-refractivity contribution in [2.45, 2.75) is 31.2 Å². The molecule has 0 radical (unpaired) electrons. The van der Waals surface area contributed by atoms with E-state index < -0.39 is 25.9 Å². The Bertz CT molecular complexity index is 727. The summed E-state index contributed by atoms with van der Waals surface area (Å²) in [6.45, 7) is 4.12. The quantitative estimate of drug-likeness (QED) is 0.801. The fourth-order valence-corrected chi connectivity index (χ4v) is 6.32. The highest BCUT2D eigenvalue weighted by molar-refractivity contribution is 7.92. The first-order valence-electron chi connectivity index (χ1n) is 7.09. The van der Waals surface area contributed by atoms with Crippen molar-refractivity contribution in [1.82, 2.24) is 4.31 Å². The van der Waals surface area contributed by atoms with Gasteiger partial charge in [-0.3, -0.25) is 0 Å². The van der Waals surface area contributed by atoms with Gasteiger partial charge in [0, 0.05) is 17.6 Å². The van der Waals surface area contributed by atoms with E-state index >= 15 is 0 Å². The molecule has 1 heterocycles. The Morgan fingerprint density at radius 2 is 1.86 bits per heavy atom. The third-order valence-electron chi connectivity index (χ3n) is 3.58. The molecule has 1 aliphatic rings. The van der Waals surface area contributed by atoms with Gasteiger partial charge in [0.2, 0.25) is 10.0 Å². The normalized spacial score (nSPS) is 21.6. The summed E-state index contributed by atoms with van der Waals surface area (Å²) in [6, 6.07) is 5.46. The highest BCUT2D eigenvalue weighted by Crippen LogP contribution is 2.26. The van der Waals surface area contributed by atoms with E-state index in [4.69, 9.17) is 11.6 Å². The zero-order valence-electron chi connectivity index (χ0n) is 12.6. The number of nitrogens with zero attached hydrogens (tertiary/aromatic N) is 1. The first-order chi connectivity index (χ1) is 10.1. The first kappa shape index (κ1) is 17.7. The van der Waals surface area contributed by atoms with Crippen LogP contribution in [0.3, 0.4) is 0 Å². The Kier molecular flexibility index (Phi) is 5.21. The number of halogens is 1. The summed E-state index contributed by atoms with van der Waals surface area (Å²) in [6.07, 6.45) is 0.349. The summed E-state index contributed by atoms with van der Waals surface area (Å²) in [5.74, 6) is 0.0416. The second-order valence-electron chi connectivity index (χ2n) is 5.98. The van der Waals surface area contributed by atoms with Crippen molar-refractivity contribution < 1.29 is 16.8 Å². The molecule has 2 rings (SSSR count). The molecular formula is C14H20ClNO4S2. The zero-order valence-corrected chi connectivity index (χ0v) is 15.0. The molecule has 0 bridgehead atoms. The van der Waals surface area contributed by atoms with Crippen molar-refractivity contribution in [2.75, 3.05) is 18.1 Å². The van der Waals surface area contributed by atoms with E-state index in [1.165, 1.54) is 28.6 Å². The predicted molar refractivity (Wildman–Crippen MR) is 87.2 cm³/mol. The number of rotatable bonds is 5. The Labute approximate surface area is 137 Å². The molecule has 1 saturated heterocycles. The lowest BCUT2D eigenvalue weighted by Gasteiger charge is -2.29. The molecule has 0 aliphatic carbocycles. The van der Waals surface area contributed by atoms with Crippen LogP contribution in [0.25, 0.3) is 0 Å². The second kappa shape index (κ2) is 6.47. The smallest absolute Gasteiger partial charge is 0.229 e. The van der Waals surface area contributed by atoms with Crippen LogP contribution in [0.2, 0.25) is 5.02 Å². The minimum Gasteiger partial charge on any atom is -0.229 e. The van der Waals surface area contributed by atoms with Gasteiger partial charge in [-0.25, -0.2) is 16.8 Å². The van der Waals surface area contributed by atoms with Crippen LogP contribution in [0.1, 0.15) is 20.3 Å². The van der Waals surface area contributed by atoms with E-state index in [-0.39, 0.29) is 22.3 Å². The van der Waals surface area contributed by atoms with Gasteiger partial charge in [0.15, 0.2) is 9.84 Å². The number of sulfonamides is 1. The molecule has 1 aromatic rings. The van der Waals surface area contributed by atoms with E-state index in [1.807, 2.05) is 13.8 Å². The molecule has 0 N–H and O–H groups in total. The van der Waals surface area contributed by atoms with Crippen molar-refractivity contribution in [3.8, 4) is 0 Å². The number of hydrogen-bond acceptors (Lipinski definition) is 4. The molecule has 5 nitrogen and oxygen atoms in total. The van der Waals surface area contributed by atoms with Gasteiger partial charge < -0.3 is 0 Å². The molecule has 1 aliphatic heterocycles. The van der Waals surface area contributed by atoms with Gasteiger partial charge in [-0.1, -0.05) is 25.4 Å². The van der Waals surface area contributed by atoms with Crippen LogP contribution in [0.4, 0.5) is 0 Å². The van der Waals surface area contributed by atoms with E-state index in [0.717, 1.165) is 0 Å². The Balaban J connectivity index is 2.38. The van der Waals surface area contributed by atoms with Gasteiger partial charge in [0.05, 0.1) is 16.4 Å². The maximum atomic E-state index is 12.9. The summed E-state index contributed by atoms with van der Waals surface area (Å²) in [5, 5.41) is 0.456. The third-order valence-corrected chi connectivity index (χ3v) is 7.52. The van der Waals surface area contributed by atoms with Crippen LogP contribution in [-0.4, -0.2) is 45.2 Å². The van der Waals surface area contributed by atoms with E-state index in [2.05, 4.69) is 0 Å². The van der Waals surface area contributed by atoms with Crippen molar-refractivity contribution >= 4 is 31.5 Å². The Hall–Kier alpha value is -0.630. The molecule has 124 valence electrons. The molecule has 1 aromatic carbocycles. The lowest BCUT2D eigenvalue weighted by atomic mass is 10.2. The molecule has 8 heteroatoms. The van der Waals surface area contributed by atoms with Crippen molar-refractivity contribution in [3.63, 3.8) is 0 Å². The SMILES string of the molecule is CC(C)CN([C@H]1CCS(=O)(=O)C1)S(=O)(=O)c1ccc(Cl)cc1. The highest BCUT2D eigenvalue weighted by Gasteiger charge is 2.38. The molecule has 0 aromatic heterocycles. The van der Waals surface area contributed by atoms with E-state index in [9.17, 15) is 16.8 Å². The van der Waals surface area contributed by atoms with Crippen molar-refractivity contribution in [3.05, 3.63) is 29.3 Å². The zero-order chi connectivity index (χ0) is 16.5. The molecular weight excluding hydrogens is 346 g/mol. The average molecular weight is 366 g/mol. The van der Waals surface area contributed by atoms with Crippen LogP contribution >= 0.6 is 11.6 Å². The number of benzene rings is 1. The van der Waals surface area contributed by atoms with Crippen LogP contribution < -0.4 is 0 Å². The molecule has 1 fully saturated rings. The van der Waals surface area contributed by atoms with Gasteiger partial charge in [-0.05, 0) is 36.6 Å². The van der Waals surface area contributed by atoms with Gasteiger partial charge >= 0.3 is 0 Å². The average Bonchev–Trinajstić information content (AvgIpc) is 2.76. The maximum absolute atomic E-state index is 12.9. The fourth-order valence-electron chi connectivity index (χ4n) is 2.55. The molecule has 0 unspecified atom stereocenters. The molecule has 0 saturated carbocycles. The lowest BCUT2D eigenvalue weighted by molar-refractivity contribution is 0.308. The Morgan fingerprint density at radius 1 is 1.27 bits per heavy atom. The topological polar surface area (TPSA) is 71.5 Å². The summed E-state index contributed by atoms with van der Waals surface area (Å²) in [7, 11) is -6.89. The minimum atomic E-state index is -3.74. The third kappa shape index (κ3) is 4.01. The number of hydrogen-bond donors (Lipinski definition) is 0. The molecule has 0 amide bonds. The van der Waals surface area contributed by atoms with Gasteiger partial charge in [0.25, 0.3) is 0 Å². The summed E-state index contributed by atoms with van der Waals surface area (Å²) < 4.78 is 50.5. The monoisotopic (exact) mass is 365 g/mol. The molecule has 1 atom stereocenters. The van der Waals surface area contributed by atoms with Crippen LogP contribution in [0.5, 0.6) is 0 Å². The van der Waals surface area contributed by atoms with Gasteiger partial charge in [0.1, 0.15) is 0 Å². The highest BCUT2D eigenvalue weighted by atomic mass is 35.5. The van der Waals surface area contributed by atoms with Crippen LogP contribution in [0, 0.1) is 5.92 Å². The van der Waals surface area contributed by atoms with Gasteiger partial charge in [-0.2, -0.15) is 4.31 Å². The van der Waals surface area contributed by atoms with Crippen LogP contribution in [-0.2, 0) is 19.9 Å². The van der Waals surface area contributed by atoms with Crippen molar-refractivity contribution in [2.24, 2.45) is 5.92 Å². The summed E-state index contributed by atoms with van der Waals surface area (Å²) in [4.78, 5) is 0.141. The van der Waals surface area contributed by atoms with E-state index in [1.54, 1.807) is 0 Å². The Morgan fingerprint density at radius 3 is 2.32 bits per heavy atom. The summed E-state index contributed by atoms with van der Waals surface area (Å²) in [5.41, 5.74) is 0. The van der Waals surface area contributed by atoms with E-state index in [0.29, 0.717) is 18.0 Å². The molecule has 22 heavy (non-hydrogen) atoms. The lowest BCUT2D eigenvalue weighted by Crippen LogP contribution is -2.43. The van der Waals surface area contributed by atoms with Crippen LogP contribution in [0.15, 0.2) is 29.2 Å². The second-order valence-corrected chi connectivity index (χ2v) is 10.5. The minimum absolute atomic E-state index is 0.0440. The fraction of sp³-hybridized carbons (Fsp3) is 0.571. The standard InChI is InChI=1S/C14H20ClNO4S2/c1-11(2)9-16(13-7-8-21(17,18)10-13)22(19,20)14-5-3-12(15)4-6-14/h3-6,11,13H,7-10H2,1-2H3/t13-/m0/s1. The maximum Gasteiger partial charge on any atom is 0.243 e.